The first kappa shape index (κ1) is 17.2. The standard InChI is InChI=1S/C16H28ClN5/c1-5-22(14-6-7-14)9-8-19-16(18-2)21(4)12-15-10-13(17)11-20(15)3/h10-11,14H,5-9,12H2,1-4H3,(H,18,19). The van der Waals surface area contributed by atoms with Crippen molar-refractivity contribution < 1.29 is 0 Å². The monoisotopic (exact) mass is 325 g/mol. The maximum atomic E-state index is 6.04. The van der Waals surface area contributed by atoms with E-state index < -0.39 is 0 Å². The first-order chi connectivity index (χ1) is 10.5. The fourth-order valence-corrected chi connectivity index (χ4v) is 3.05. The van der Waals surface area contributed by atoms with Crippen LogP contribution in [0.1, 0.15) is 25.5 Å². The Hall–Kier alpha value is -1.20. The number of aromatic nitrogens is 1. The molecule has 0 atom stereocenters. The molecule has 5 nitrogen and oxygen atoms in total. The minimum atomic E-state index is 0.775. The van der Waals surface area contributed by atoms with Gasteiger partial charge in [-0.15, -0.1) is 0 Å². The summed E-state index contributed by atoms with van der Waals surface area (Å²) in [5.74, 6) is 0.921. The van der Waals surface area contributed by atoms with Crippen molar-refractivity contribution in [3.05, 3.63) is 23.0 Å². The minimum absolute atomic E-state index is 0.775. The predicted molar refractivity (Wildman–Crippen MR) is 93.5 cm³/mol. The molecule has 1 fully saturated rings. The van der Waals surface area contributed by atoms with Gasteiger partial charge in [0, 0.05) is 52.2 Å². The van der Waals surface area contributed by atoms with E-state index in [4.69, 9.17) is 11.6 Å². The lowest BCUT2D eigenvalue weighted by Crippen LogP contribution is -2.42. The lowest BCUT2D eigenvalue weighted by Gasteiger charge is -2.24. The number of likely N-dealkylation sites (N-methyl/N-ethyl adjacent to an activating group) is 1. The van der Waals surface area contributed by atoms with Crippen LogP contribution < -0.4 is 5.32 Å². The maximum absolute atomic E-state index is 6.04. The van der Waals surface area contributed by atoms with Crippen LogP contribution in [0.3, 0.4) is 0 Å². The number of rotatable bonds is 7. The van der Waals surface area contributed by atoms with Crippen LogP contribution in [-0.4, -0.2) is 60.1 Å². The van der Waals surface area contributed by atoms with Crippen LogP contribution >= 0.6 is 11.6 Å². The number of guanidine groups is 1. The van der Waals surface area contributed by atoms with Crippen LogP contribution in [0.4, 0.5) is 0 Å². The molecule has 6 heteroatoms. The Morgan fingerprint density at radius 3 is 2.73 bits per heavy atom. The molecule has 1 aromatic rings. The molecule has 0 aliphatic heterocycles. The molecule has 0 aromatic carbocycles. The molecular weight excluding hydrogens is 298 g/mol. The van der Waals surface area contributed by atoms with E-state index in [2.05, 4.69) is 38.6 Å². The van der Waals surface area contributed by atoms with E-state index in [9.17, 15) is 0 Å². The number of nitrogens with one attached hydrogen (secondary N) is 1. The summed E-state index contributed by atoms with van der Waals surface area (Å²) < 4.78 is 2.05. The number of aliphatic imine (C=N–C) groups is 1. The zero-order chi connectivity index (χ0) is 16.1. The fraction of sp³-hybridized carbons (Fsp3) is 0.688. The normalized spacial score (nSPS) is 15.5. The van der Waals surface area contributed by atoms with Crippen LogP contribution in [0, 0.1) is 0 Å². The molecule has 1 heterocycles. The molecule has 1 N–H and O–H groups in total. The van der Waals surface area contributed by atoms with E-state index in [-0.39, 0.29) is 0 Å². The lowest BCUT2D eigenvalue weighted by molar-refractivity contribution is 0.280. The van der Waals surface area contributed by atoms with Gasteiger partial charge in [-0.3, -0.25) is 9.89 Å². The largest absolute Gasteiger partial charge is 0.355 e. The van der Waals surface area contributed by atoms with Gasteiger partial charge in [-0.25, -0.2) is 0 Å². The quantitative estimate of drug-likeness (QED) is 0.616. The van der Waals surface area contributed by atoms with E-state index in [1.807, 2.05) is 26.4 Å². The van der Waals surface area contributed by atoms with Crippen molar-refractivity contribution in [3.63, 3.8) is 0 Å². The summed E-state index contributed by atoms with van der Waals surface area (Å²) in [5.41, 5.74) is 1.17. The molecule has 124 valence electrons. The summed E-state index contributed by atoms with van der Waals surface area (Å²) in [6.07, 6.45) is 4.64. The van der Waals surface area contributed by atoms with Crippen molar-refractivity contribution in [1.82, 2.24) is 19.7 Å². The molecule has 0 bridgehead atoms. The van der Waals surface area contributed by atoms with Crippen LogP contribution in [0.5, 0.6) is 0 Å². The number of hydrogen-bond donors (Lipinski definition) is 1. The molecule has 0 unspecified atom stereocenters. The van der Waals surface area contributed by atoms with Gasteiger partial charge in [-0.05, 0) is 25.5 Å². The minimum Gasteiger partial charge on any atom is -0.355 e. The highest BCUT2D eigenvalue weighted by Crippen LogP contribution is 2.25. The molecule has 2 rings (SSSR count). The average Bonchev–Trinajstić information content (AvgIpc) is 3.26. The maximum Gasteiger partial charge on any atom is 0.193 e. The molecule has 1 aliphatic carbocycles. The first-order valence-electron chi connectivity index (χ1n) is 8.01. The summed E-state index contributed by atoms with van der Waals surface area (Å²) in [5, 5.41) is 4.23. The van der Waals surface area contributed by atoms with E-state index in [0.717, 1.165) is 43.2 Å². The second-order valence-corrected chi connectivity index (χ2v) is 6.39. The molecule has 0 saturated heterocycles. The number of nitrogens with zero attached hydrogens (tertiary/aromatic N) is 4. The van der Waals surface area contributed by atoms with Crippen LogP contribution in [0.15, 0.2) is 17.3 Å². The van der Waals surface area contributed by atoms with Gasteiger partial charge in [0.15, 0.2) is 5.96 Å². The highest BCUT2D eigenvalue weighted by molar-refractivity contribution is 6.30. The molecule has 0 amide bonds. The van der Waals surface area contributed by atoms with Gasteiger partial charge in [-0.2, -0.15) is 0 Å². The third kappa shape index (κ3) is 4.65. The molecule has 1 aromatic heterocycles. The zero-order valence-electron chi connectivity index (χ0n) is 14.1. The van der Waals surface area contributed by atoms with E-state index in [1.165, 1.54) is 18.5 Å². The van der Waals surface area contributed by atoms with Gasteiger partial charge in [0.25, 0.3) is 0 Å². The van der Waals surface area contributed by atoms with Gasteiger partial charge in [0.05, 0.1) is 11.6 Å². The Morgan fingerprint density at radius 1 is 1.50 bits per heavy atom. The van der Waals surface area contributed by atoms with Crippen molar-refractivity contribution in [2.45, 2.75) is 32.4 Å². The number of halogens is 1. The molecule has 0 spiro atoms. The molecular formula is C16H28ClN5. The second kappa shape index (κ2) is 7.88. The SMILES string of the molecule is CCN(CCNC(=NC)N(C)Cc1cc(Cl)cn1C)C1CC1. The van der Waals surface area contributed by atoms with Gasteiger partial charge in [0.1, 0.15) is 0 Å². The molecule has 1 saturated carbocycles. The first-order valence-corrected chi connectivity index (χ1v) is 8.39. The summed E-state index contributed by atoms with van der Waals surface area (Å²) in [7, 11) is 5.89. The highest BCUT2D eigenvalue weighted by atomic mass is 35.5. The van der Waals surface area contributed by atoms with Crippen molar-refractivity contribution in [1.29, 1.82) is 0 Å². The zero-order valence-corrected chi connectivity index (χ0v) is 14.9. The van der Waals surface area contributed by atoms with Crippen molar-refractivity contribution in [2.75, 3.05) is 33.7 Å². The number of aryl methyl sites for hydroxylation is 1. The Bertz CT molecular complexity index is 507. The van der Waals surface area contributed by atoms with Crippen molar-refractivity contribution >= 4 is 17.6 Å². The summed E-state index contributed by atoms with van der Waals surface area (Å²) in [4.78, 5) is 9.04. The smallest absolute Gasteiger partial charge is 0.193 e. The average molecular weight is 326 g/mol. The summed E-state index contributed by atoms with van der Waals surface area (Å²) in [6.45, 7) is 6.14. The Kier molecular flexibility index (Phi) is 6.15. The topological polar surface area (TPSA) is 35.8 Å². The highest BCUT2D eigenvalue weighted by Gasteiger charge is 2.27. The van der Waals surface area contributed by atoms with E-state index in [1.54, 1.807) is 0 Å². The molecule has 1 aliphatic rings. The molecule has 22 heavy (non-hydrogen) atoms. The van der Waals surface area contributed by atoms with Crippen LogP contribution in [0.25, 0.3) is 0 Å². The van der Waals surface area contributed by atoms with Crippen molar-refractivity contribution in [2.24, 2.45) is 12.0 Å². The Labute approximate surface area is 138 Å². The summed E-state index contributed by atoms with van der Waals surface area (Å²) >= 11 is 6.04. The van der Waals surface area contributed by atoms with Gasteiger partial charge in [-0.1, -0.05) is 18.5 Å². The summed E-state index contributed by atoms with van der Waals surface area (Å²) in [6, 6.07) is 2.81. The van der Waals surface area contributed by atoms with Gasteiger partial charge >= 0.3 is 0 Å². The lowest BCUT2D eigenvalue weighted by atomic mass is 10.4. The fourth-order valence-electron chi connectivity index (χ4n) is 2.78. The Morgan fingerprint density at radius 2 is 2.23 bits per heavy atom. The van der Waals surface area contributed by atoms with E-state index in [0.29, 0.717) is 0 Å². The van der Waals surface area contributed by atoms with Crippen molar-refractivity contribution in [3.8, 4) is 0 Å². The number of hydrogen-bond acceptors (Lipinski definition) is 2. The third-order valence-electron chi connectivity index (χ3n) is 4.20. The third-order valence-corrected chi connectivity index (χ3v) is 4.41. The van der Waals surface area contributed by atoms with Crippen LogP contribution in [0.2, 0.25) is 5.02 Å². The van der Waals surface area contributed by atoms with Crippen LogP contribution in [-0.2, 0) is 13.6 Å². The predicted octanol–water partition coefficient (Wildman–Crippen LogP) is 2.17. The molecule has 0 radical (unpaired) electrons. The van der Waals surface area contributed by atoms with Gasteiger partial charge in [0.2, 0.25) is 0 Å². The van der Waals surface area contributed by atoms with Gasteiger partial charge < -0.3 is 14.8 Å². The second-order valence-electron chi connectivity index (χ2n) is 5.95. The van der Waals surface area contributed by atoms with E-state index >= 15 is 0 Å². The Balaban J connectivity index is 1.81.